The molecule has 3 rings (SSSR count). The molecule has 7 heteroatoms. The smallest absolute Gasteiger partial charge is 0.246 e. The number of aromatic nitrogens is 2. The van der Waals surface area contributed by atoms with Crippen molar-refractivity contribution in [1.29, 1.82) is 0 Å². The molecule has 1 aliphatic heterocycles. The molecule has 2 heterocycles. The van der Waals surface area contributed by atoms with Crippen LogP contribution in [-0.4, -0.2) is 51.9 Å². The number of hydrogen-bond donors (Lipinski definition) is 0. The molecule has 2 aliphatic rings. The van der Waals surface area contributed by atoms with Crippen LogP contribution in [0.25, 0.3) is 0 Å². The van der Waals surface area contributed by atoms with E-state index in [1.54, 1.807) is 18.9 Å². The SMILES string of the molecule is Cc1noc(CN(C)C(=O)C2CCCCC2C(=O)N2CCCC2)n1. The van der Waals surface area contributed by atoms with Gasteiger partial charge >= 0.3 is 0 Å². The van der Waals surface area contributed by atoms with E-state index in [4.69, 9.17) is 4.52 Å². The molecular formula is C17H26N4O3. The predicted molar refractivity (Wildman–Crippen MR) is 86.8 cm³/mol. The van der Waals surface area contributed by atoms with Gasteiger partial charge in [0, 0.05) is 32.0 Å². The van der Waals surface area contributed by atoms with Gasteiger partial charge in [-0.25, -0.2) is 0 Å². The molecule has 132 valence electrons. The van der Waals surface area contributed by atoms with Crippen LogP contribution >= 0.6 is 0 Å². The Morgan fingerprint density at radius 1 is 1.17 bits per heavy atom. The average Bonchev–Trinajstić information content (AvgIpc) is 3.25. The molecule has 1 aromatic heterocycles. The molecule has 0 bridgehead atoms. The number of amides is 2. The molecule has 2 amide bonds. The van der Waals surface area contributed by atoms with Crippen LogP contribution in [0.4, 0.5) is 0 Å². The molecule has 0 N–H and O–H groups in total. The van der Waals surface area contributed by atoms with Gasteiger partial charge in [-0.2, -0.15) is 4.98 Å². The second kappa shape index (κ2) is 7.32. The van der Waals surface area contributed by atoms with Crippen LogP contribution in [0.1, 0.15) is 50.2 Å². The lowest BCUT2D eigenvalue weighted by Gasteiger charge is -2.34. The Kier molecular flexibility index (Phi) is 5.16. The summed E-state index contributed by atoms with van der Waals surface area (Å²) in [5, 5.41) is 3.75. The van der Waals surface area contributed by atoms with Gasteiger partial charge in [0.2, 0.25) is 17.7 Å². The summed E-state index contributed by atoms with van der Waals surface area (Å²) >= 11 is 0. The van der Waals surface area contributed by atoms with Gasteiger partial charge < -0.3 is 14.3 Å². The monoisotopic (exact) mass is 334 g/mol. The maximum Gasteiger partial charge on any atom is 0.246 e. The van der Waals surface area contributed by atoms with Crippen LogP contribution < -0.4 is 0 Å². The molecule has 1 saturated heterocycles. The summed E-state index contributed by atoms with van der Waals surface area (Å²) in [4.78, 5) is 33.4. The fourth-order valence-corrected chi connectivity index (χ4v) is 3.86. The van der Waals surface area contributed by atoms with E-state index in [9.17, 15) is 9.59 Å². The van der Waals surface area contributed by atoms with E-state index in [1.807, 2.05) is 4.90 Å². The van der Waals surface area contributed by atoms with Gasteiger partial charge in [-0.1, -0.05) is 18.0 Å². The molecule has 1 saturated carbocycles. The van der Waals surface area contributed by atoms with Crippen molar-refractivity contribution in [3.8, 4) is 0 Å². The van der Waals surface area contributed by atoms with Crippen LogP contribution in [-0.2, 0) is 16.1 Å². The van der Waals surface area contributed by atoms with Gasteiger partial charge in [0.15, 0.2) is 5.82 Å². The van der Waals surface area contributed by atoms with E-state index in [0.29, 0.717) is 18.3 Å². The summed E-state index contributed by atoms with van der Waals surface area (Å²) in [7, 11) is 1.74. The van der Waals surface area contributed by atoms with Crippen molar-refractivity contribution in [3.05, 3.63) is 11.7 Å². The van der Waals surface area contributed by atoms with Crippen molar-refractivity contribution in [3.63, 3.8) is 0 Å². The first kappa shape index (κ1) is 16.9. The number of aryl methyl sites for hydroxylation is 1. The molecule has 0 spiro atoms. The number of likely N-dealkylation sites (tertiary alicyclic amines) is 1. The molecular weight excluding hydrogens is 308 g/mol. The highest BCUT2D eigenvalue weighted by Gasteiger charge is 2.39. The zero-order valence-corrected chi connectivity index (χ0v) is 14.5. The number of hydrogen-bond acceptors (Lipinski definition) is 5. The van der Waals surface area contributed by atoms with Gasteiger partial charge in [0.05, 0.1) is 6.54 Å². The van der Waals surface area contributed by atoms with Crippen molar-refractivity contribution in [1.82, 2.24) is 19.9 Å². The van der Waals surface area contributed by atoms with Crippen LogP contribution in [0.3, 0.4) is 0 Å². The molecule has 1 aliphatic carbocycles. The minimum atomic E-state index is -0.221. The van der Waals surface area contributed by atoms with E-state index in [2.05, 4.69) is 10.1 Å². The standard InChI is InChI=1S/C17H26N4O3/c1-12-18-15(24-19-12)11-20(2)16(22)13-7-3-4-8-14(13)17(23)21-9-5-6-10-21/h13-14H,3-11H2,1-2H3. The fourth-order valence-electron chi connectivity index (χ4n) is 3.86. The predicted octanol–water partition coefficient (Wildman–Crippen LogP) is 1.77. The zero-order valence-electron chi connectivity index (χ0n) is 14.5. The Bertz CT molecular complexity index is 594. The summed E-state index contributed by atoms with van der Waals surface area (Å²) in [5.74, 6) is 0.792. The van der Waals surface area contributed by atoms with Gasteiger partial charge in [0.1, 0.15) is 0 Å². The second-order valence-corrected chi connectivity index (χ2v) is 6.96. The Morgan fingerprint density at radius 2 is 1.83 bits per heavy atom. The number of nitrogens with zero attached hydrogens (tertiary/aromatic N) is 4. The molecule has 1 aromatic rings. The summed E-state index contributed by atoms with van der Waals surface area (Å²) in [6.07, 6.45) is 5.80. The van der Waals surface area contributed by atoms with Crippen LogP contribution in [0, 0.1) is 18.8 Å². The number of carbonyl (C=O) groups is 2. The van der Waals surface area contributed by atoms with Crippen molar-refractivity contribution in [2.75, 3.05) is 20.1 Å². The van der Waals surface area contributed by atoms with Gasteiger partial charge in [-0.15, -0.1) is 0 Å². The molecule has 24 heavy (non-hydrogen) atoms. The molecule has 2 atom stereocenters. The highest BCUT2D eigenvalue weighted by atomic mass is 16.5. The fraction of sp³-hybridized carbons (Fsp3) is 0.765. The largest absolute Gasteiger partial charge is 0.342 e. The van der Waals surface area contributed by atoms with Crippen molar-refractivity contribution in [2.24, 2.45) is 11.8 Å². The van der Waals surface area contributed by atoms with Crippen LogP contribution in [0.5, 0.6) is 0 Å². The Balaban J connectivity index is 1.67. The minimum Gasteiger partial charge on any atom is -0.342 e. The zero-order chi connectivity index (χ0) is 17.1. The third-order valence-electron chi connectivity index (χ3n) is 5.14. The first-order chi connectivity index (χ1) is 11.6. The molecule has 2 fully saturated rings. The summed E-state index contributed by atoms with van der Waals surface area (Å²) in [6, 6.07) is 0. The van der Waals surface area contributed by atoms with Gasteiger partial charge in [-0.3, -0.25) is 9.59 Å². The van der Waals surface area contributed by atoms with Gasteiger partial charge in [-0.05, 0) is 32.6 Å². The lowest BCUT2D eigenvalue weighted by Crippen LogP contribution is -2.45. The second-order valence-electron chi connectivity index (χ2n) is 6.96. The minimum absolute atomic E-state index is 0.0168. The summed E-state index contributed by atoms with van der Waals surface area (Å²) < 4.78 is 5.10. The lowest BCUT2D eigenvalue weighted by molar-refractivity contribution is -0.147. The van der Waals surface area contributed by atoms with E-state index in [1.165, 1.54) is 0 Å². The molecule has 0 aromatic carbocycles. The van der Waals surface area contributed by atoms with Gasteiger partial charge in [0.25, 0.3) is 0 Å². The van der Waals surface area contributed by atoms with Crippen molar-refractivity contribution >= 4 is 11.8 Å². The number of carbonyl (C=O) groups excluding carboxylic acids is 2. The topological polar surface area (TPSA) is 79.5 Å². The molecule has 2 unspecified atom stereocenters. The summed E-state index contributed by atoms with van der Waals surface area (Å²) in [5.41, 5.74) is 0. The molecule has 7 nitrogen and oxygen atoms in total. The van der Waals surface area contributed by atoms with Crippen molar-refractivity contribution in [2.45, 2.75) is 52.0 Å². The average molecular weight is 334 g/mol. The molecule has 0 radical (unpaired) electrons. The highest BCUT2D eigenvalue weighted by molar-refractivity contribution is 5.88. The van der Waals surface area contributed by atoms with Crippen LogP contribution in [0.2, 0.25) is 0 Å². The maximum atomic E-state index is 12.9. The Morgan fingerprint density at radius 3 is 2.46 bits per heavy atom. The van der Waals surface area contributed by atoms with E-state index >= 15 is 0 Å². The van der Waals surface area contributed by atoms with Crippen molar-refractivity contribution < 1.29 is 14.1 Å². The van der Waals surface area contributed by atoms with Crippen LogP contribution in [0.15, 0.2) is 4.52 Å². The normalized spacial score (nSPS) is 24.2. The Hall–Kier alpha value is -1.92. The quantitative estimate of drug-likeness (QED) is 0.838. The first-order valence-corrected chi connectivity index (χ1v) is 8.89. The van der Waals surface area contributed by atoms with E-state index < -0.39 is 0 Å². The summed E-state index contributed by atoms with van der Waals surface area (Å²) in [6.45, 7) is 3.72. The third kappa shape index (κ3) is 3.60. The van der Waals surface area contributed by atoms with E-state index in [-0.39, 0.29) is 23.7 Å². The third-order valence-corrected chi connectivity index (χ3v) is 5.14. The highest BCUT2D eigenvalue weighted by Crippen LogP contribution is 2.33. The lowest BCUT2D eigenvalue weighted by atomic mass is 9.77. The maximum absolute atomic E-state index is 12.9. The first-order valence-electron chi connectivity index (χ1n) is 8.89. The van der Waals surface area contributed by atoms with E-state index in [0.717, 1.165) is 51.6 Å². The Labute approximate surface area is 142 Å². The number of rotatable bonds is 4.